The Morgan fingerprint density at radius 2 is 1.95 bits per heavy atom. The average Bonchev–Trinajstić information content (AvgIpc) is 3.02. The number of hydrogen-bond donors (Lipinski definition) is 1. The van der Waals surface area contributed by atoms with Crippen LogP contribution < -0.4 is 5.32 Å². The van der Waals surface area contributed by atoms with Crippen LogP contribution in [0.15, 0.2) is 18.2 Å². The van der Waals surface area contributed by atoms with Gasteiger partial charge in [-0.3, -0.25) is 14.8 Å². The van der Waals surface area contributed by atoms with Crippen molar-refractivity contribution < 1.29 is 4.79 Å². The largest absolute Gasteiger partial charge is 0.296 e. The number of thiazole rings is 1. The van der Waals surface area contributed by atoms with E-state index < -0.39 is 0 Å². The standard InChI is InChI=1S/C16H18N4OS/c1-5-20-13(8-11(4)19-20)15(21)18-16-17-12-6-9(2)10(3)7-14(12)22-16/h6-8H,5H2,1-4H3,(H,17,18,21). The zero-order chi connectivity index (χ0) is 15.9. The highest BCUT2D eigenvalue weighted by atomic mass is 32.1. The molecule has 5 nitrogen and oxygen atoms in total. The molecule has 3 aromatic rings. The van der Waals surface area contributed by atoms with Crippen molar-refractivity contribution in [2.45, 2.75) is 34.2 Å². The van der Waals surface area contributed by atoms with Crippen molar-refractivity contribution in [1.82, 2.24) is 14.8 Å². The molecule has 1 N–H and O–H groups in total. The predicted molar refractivity (Wildman–Crippen MR) is 89.7 cm³/mol. The van der Waals surface area contributed by atoms with Crippen LogP contribution in [0.3, 0.4) is 0 Å². The van der Waals surface area contributed by atoms with E-state index in [1.54, 1.807) is 10.7 Å². The van der Waals surface area contributed by atoms with E-state index in [1.807, 2.05) is 13.8 Å². The third-order valence-corrected chi connectivity index (χ3v) is 4.59. The minimum absolute atomic E-state index is 0.171. The molecule has 0 atom stereocenters. The second-order valence-corrected chi connectivity index (χ2v) is 6.39. The van der Waals surface area contributed by atoms with Gasteiger partial charge in [0, 0.05) is 6.54 Å². The summed E-state index contributed by atoms with van der Waals surface area (Å²) < 4.78 is 2.78. The molecule has 2 aromatic heterocycles. The molecule has 0 saturated heterocycles. The fraction of sp³-hybridized carbons (Fsp3) is 0.312. The smallest absolute Gasteiger partial charge is 0.275 e. The number of anilines is 1. The van der Waals surface area contributed by atoms with Crippen molar-refractivity contribution in [2.75, 3.05) is 5.32 Å². The molecule has 22 heavy (non-hydrogen) atoms. The Morgan fingerprint density at radius 1 is 1.23 bits per heavy atom. The highest BCUT2D eigenvalue weighted by molar-refractivity contribution is 7.22. The van der Waals surface area contributed by atoms with Gasteiger partial charge in [-0.2, -0.15) is 5.10 Å². The molecular weight excluding hydrogens is 296 g/mol. The van der Waals surface area contributed by atoms with E-state index in [4.69, 9.17) is 0 Å². The van der Waals surface area contributed by atoms with Gasteiger partial charge in [-0.1, -0.05) is 11.3 Å². The van der Waals surface area contributed by atoms with Gasteiger partial charge in [-0.15, -0.1) is 0 Å². The van der Waals surface area contributed by atoms with Crippen molar-refractivity contribution >= 4 is 32.6 Å². The fourth-order valence-electron chi connectivity index (χ4n) is 2.36. The minimum atomic E-state index is -0.171. The van der Waals surface area contributed by atoms with Crippen molar-refractivity contribution in [3.8, 4) is 0 Å². The molecule has 0 fully saturated rings. The van der Waals surface area contributed by atoms with Crippen molar-refractivity contribution in [3.05, 3.63) is 40.7 Å². The summed E-state index contributed by atoms with van der Waals surface area (Å²) in [6, 6.07) is 5.95. The lowest BCUT2D eigenvalue weighted by Crippen LogP contribution is -2.17. The first-order valence-electron chi connectivity index (χ1n) is 7.21. The van der Waals surface area contributed by atoms with Gasteiger partial charge >= 0.3 is 0 Å². The van der Waals surface area contributed by atoms with Gasteiger partial charge in [0.15, 0.2) is 5.13 Å². The number of aryl methyl sites for hydroxylation is 4. The minimum Gasteiger partial charge on any atom is -0.296 e. The van der Waals surface area contributed by atoms with Gasteiger partial charge in [0.05, 0.1) is 15.9 Å². The average molecular weight is 314 g/mol. The lowest BCUT2D eigenvalue weighted by atomic mass is 10.1. The number of nitrogens with zero attached hydrogens (tertiary/aromatic N) is 3. The highest BCUT2D eigenvalue weighted by Gasteiger charge is 2.15. The fourth-order valence-corrected chi connectivity index (χ4v) is 3.30. The summed E-state index contributed by atoms with van der Waals surface area (Å²) in [5.41, 5.74) is 4.75. The van der Waals surface area contributed by atoms with Crippen LogP contribution in [0.1, 0.15) is 34.2 Å². The quantitative estimate of drug-likeness (QED) is 0.802. The summed E-state index contributed by atoms with van der Waals surface area (Å²) in [5.74, 6) is -0.171. The first-order valence-corrected chi connectivity index (χ1v) is 8.03. The van der Waals surface area contributed by atoms with Gasteiger partial charge in [0.1, 0.15) is 5.69 Å². The molecule has 0 saturated carbocycles. The van der Waals surface area contributed by atoms with Gasteiger partial charge in [-0.25, -0.2) is 4.98 Å². The van der Waals surface area contributed by atoms with E-state index in [0.29, 0.717) is 17.4 Å². The summed E-state index contributed by atoms with van der Waals surface area (Å²) >= 11 is 1.49. The van der Waals surface area contributed by atoms with Crippen LogP contribution in [-0.2, 0) is 6.54 Å². The Morgan fingerprint density at radius 3 is 2.68 bits per heavy atom. The predicted octanol–water partition coefficient (Wildman–Crippen LogP) is 3.69. The molecular formula is C16H18N4OS. The molecule has 0 aliphatic heterocycles. The molecule has 0 aliphatic carbocycles. The number of carbonyl (C=O) groups excluding carboxylic acids is 1. The molecule has 1 amide bonds. The van der Waals surface area contributed by atoms with Crippen LogP contribution in [0, 0.1) is 20.8 Å². The SMILES string of the molecule is CCn1nc(C)cc1C(=O)Nc1nc2cc(C)c(C)cc2s1. The Balaban J connectivity index is 1.90. The lowest BCUT2D eigenvalue weighted by Gasteiger charge is -2.03. The number of aromatic nitrogens is 3. The maximum absolute atomic E-state index is 12.4. The third kappa shape index (κ3) is 2.62. The van der Waals surface area contributed by atoms with E-state index in [0.717, 1.165) is 15.9 Å². The van der Waals surface area contributed by atoms with Crippen LogP contribution in [0.25, 0.3) is 10.2 Å². The second-order valence-electron chi connectivity index (χ2n) is 5.36. The number of nitrogens with one attached hydrogen (secondary N) is 1. The summed E-state index contributed by atoms with van der Waals surface area (Å²) in [4.78, 5) is 16.9. The van der Waals surface area contributed by atoms with Crippen molar-refractivity contribution in [3.63, 3.8) is 0 Å². The summed E-state index contributed by atoms with van der Waals surface area (Å²) in [7, 11) is 0. The topological polar surface area (TPSA) is 59.8 Å². The number of carbonyl (C=O) groups is 1. The first kappa shape index (κ1) is 14.7. The Labute approximate surface area is 133 Å². The van der Waals surface area contributed by atoms with Crippen LogP contribution in [-0.4, -0.2) is 20.7 Å². The van der Waals surface area contributed by atoms with Crippen LogP contribution in [0.5, 0.6) is 0 Å². The maximum atomic E-state index is 12.4. The molecule has 3 rings (SSSR count). The number of hydrogen-bond acceptors (Lipinski definition) is 4. The molecule has 0 radical (unpaired) electrons. The van der Waals surface area contributed by atoms with Crippen LogP contribution in [0.4, 0.5) is 5.13 Å². The highest BCUT2D eigenvalue weighted by Crippen LogP contribution is 2.28. The summed E-state index contributed by atoms with van der Waals surface area (Å²) in [6.45, 7) is 8.65. The van der Waals surface area contributed by atoms with Gasteiger partial charge in [-0.05, 0) is 57.0 Å². The first-order chi connectivity index (χ1) is 10.5. The number of benzene rings is 1. The van der Waals surface area contributed by atoms with Gasteiger partial charge < -0.3 is 0 Å². The molecule has 0 bridgehead atoms. The maximum Gasteiger partial charge on any atom is 0.275 e. The molecule has 114 valence electrons. The normalized spacial score (nSPS) is 11.1. The Hall–Kier alpha value is -2.21. The van der Waals surface area contributed by atoms with Crippen LogP contribution >= 0.6 is 11.3 Å². The Kier molecular flexibility index (Phi) is 3.70. The lowest BCUT2D eigenvalue weighted by molar-refractivity contribution is 0.101. The molecule has 6 heteroatoms. The zero-order valence-corrected chi connectivity index (χ0v) is 13.9. The molecule has 2 heterocycles. The zero-order valence-electron chi connectivity index (χ0n) is 13.1. The third-order valence-electron chi connectivity index (χ3n) is 3.66. The van der Waals surface area contributed by atoms with E-state index in [2.05, 4.69) is 41.4 Å². The molecule has 0 spiro atoms. The van der Waals surface area contributed by atoms with Crippen LogP contribution in [0.2, 0.25) is 0 Å². The number of rotatable bonds is 3. The van der Waals surface area contributed by atoms with E-state index in [9.17, 15) is 4.79 Å². The summed E-state index contributed by atoms with van der Waals surface area (Å²) in [5, 5.41) is 7.80. The van der Waals surface area contributed by atoms with E-state index in [1.165, 1.54) is 22.5 Å². The second kappa shape index (κ2) is 5.53. The van der Waals surface area contributed by atoms with E-state index in [-0.39, 0.29) is 5.91 Å². The monoisotopic (exact) mass is 314 g/mol. The van der Waals surface area contributed by atoms with E-state index >= 15 is 0 Å². The summed E-state index contributed by atoms with van der Waals surface area (Å²) in [6.07, 6.45) is 0. The number of fused-ring (bicyclic) bond motifs is 1. The van der Waals surface area contributed by atoms with Gasteiger partial charge in [0.25, 0.3) is 5.91 Å². The van der Waals surface area contributed by atoms with Crippen molar-refractivity contribution in [2.24, 2.45) is 0 Å². The number of amides is 1. The molecule has 0 aliphatic rings. The van der Waals surface area contributed by atoms with Crippen molar-refractivity contribution in [1.29, 1.82) is 0 Å². The van der Waals surface area contributed by atoms with Gasteiger partial charge in [0.2, 0.25) is 0 Å². The Bertz CT molecular complexity index is 824. The molecule has 0 unspecified atom stereocenters. The molecule has 1 aromatic carbocycles.